The third-order valence-corrected chi connectivity index (χ3v) is 5.48. The zero-order chi connectivity index (χ0) is 17.3. The smallest absolute Gasteiger partial charge is 0.0391 e. The Labute approximate surface area is 149 Å². The predicted molar refractivity (Wildman–Crippen MR) is 108 cm³/mol. The van der Waals surface area contributed by atoms with Crippen molar-refractivity contribution >= 4 is 0 Å². The summed E-state index contributed by atoms with van der Waals surface area (Å²) in [4.78, 5) is 0. The van der Waals surface area contributed by atoms with Crippen molar-refractivity contribution in [1.29, 1.82) is 0 Å². The fourth-order valence-corrected chi connectivity index (χ4v) is 3.66. The van der Waals surface area contributed by atoms with E-state index >= 15 is 0 Å². The van der Waals surface area contributed by atoms with Crippen LogP contribution in [0.5, 0.6) is 0 Å². The summed E-state index contributed by atoms with van der Waals surface area (Å²) in [6.45, 7) is 11.9. The quantitative estimate of drug-likeness (QED) is 0.234. The molecule has 0 heteroatoms. The molecule has 0 aliphatic heterocycles. The molecule has 0 fully saturated rings. The molecule has 0 rings (SSSR count). The van der Waals surface area contributed by atoms with Gasteiger partial charge in [0.25, 0.3) is 0 Å². The van der Waals surface area contributed by atoms with Crippen LogP contribution in [0.2, 0.25) is 0 Å². The molecule has 0 saturated carbocycles. The second-order valence-electron chi connectivity index (χ2n) is 8.65. The van der Waals surface area contributed by atoms with Crippen molar-refractivity contribution in [2.75, 3.05) is 0 Å². The summed E-state index contributed by atoms with van der Waals surface area (Å²) >= 11 is 0. The first-order valence-corrected chi connectivity index (χ1v) is 11.1. The van der Waals surface area contributed by atoms with Crippen LogP contribution in [0.4, 0.5) is 0 Å². The lowest BCUT2D eigenvalue weighted by molar-refractivity contribution is 0.312. The molecule has 1 unspecified atom stereocenters. The molecule has 0 amide bonds. The van der Waals surface area contributed by atoms with E-state index in [1.54, 1.807) is 0 Å². The Morgan fingerprint density at radius 1 is 0.478 bits per heavy atom. The Kier molecular flexibility index (Phi) is 16.8. The van der Waals surface area contributed by atoms with E-state index in [0.29, 0.717) is 0 Å². The highest BCUT2D eigenvalue weighted by Gasteiger charge is 2.12. The summed E-state index contributed by atoms with van der Waals surface area (Å²) < 4.78 is 0. The Morgan fingerprint density at radius 2 is 0.870 bits per heavy atom. The molecule has 0 radical (unpaired) electrons. The van der Waals surface area contributed by atoms with E-state index in [1.807, 2.05) is 0 Å². The molecule has 23 heavy (non-hydrogen) atoms. The van der Waals surface area contributed by atoms with Crippen LogP contribution in [0.3, 0.4) is 0 Å². The SMILES string of the molecule is CCCCCCCCC(CCCCCCCCC(C)C)C(C)C. The van der Waals surface area contributed by atoms with Gasteiger partial charge in [0.1, 0.15) is 0 Å². The van der Waals surface area contributed by atoms with E-state index in [0.717, 1.165) is 17.8 Å². The lowest BCUT2D eigenvalue weighted by atomic mass is 9.85. The van der Waals surface area contributed by atoms with Gasteiger partial charge < -0.3 is 0 Å². The van der Waals surface area contributed by atoms with Gasteiger partial charge in [0.2, 0.25) is 0 Å². The summed E-state index contributed by atoms with van der Waals surface area (Å²) in [5.41, 5.74) is 0. The summed E-state index contributed by atoms with van der Waals surface area (Å²) in [6, 6.07) is 0. The average Bonchev–Trinajstić information content (AvgIpc) is 2.50. The van der Waals surface area contributed by atoms with Crippen molar-refractivity contribution in [3.63, 3.8) is 0 Å². The van der Waals surface area contributed by atoms with Crippen LogP contribution >= 0.6 is 0 Å². The molecule has 0 aliphatic rings. The van der Waals surface area contributed by atoms with Gasteiger partial charge in [-0.25, -0.2) is 0 Å². The fraction of sp³-hybridized carbons (Fsp3) is 1.00. The zero-order valence-electron chi connectivity index (χ0n) is 17.3. The van der Waals surface area contributed by atoms with Gasteiger partial charge in [-0.1, -0.05) is 131 Å². The molecule has 0 nitrogen and oxygen atoms in total. The van der Waals surface area contributed by atoms with Crippen molar-refractivity contribution in [1.82, 2.24) is 0 Å². The number of hydrogen-bond acceptors (Lipinski definition) is 0. The largest absolute Gasteiger partial charge is 0.0654 e. The van der Waals surface area contributed by atoms with Crippen LogP contribution < -0.4 is 0 Å². The molecule has 0 saturated heterocycles. The lowest BCUT2D eigenvalue weighted by Gasteiger charge is -2.20. The fourth-order valence-electron chi connectivity index (χ4n) is 3.66. The second kappa shape index (κ2) is 16.8. The van der Waals surface area contributed by atoms with Crippen LogP contribution in [0.1, 0.15) is 131 Å². The summed E-state index contributed by atoms with van der Waals surface area (Å²) in [7, 11) is 0. The molecular weight excluding hydrogens is 276 g/mol. The van der Waals surface area contributed by atoms with Gasteiger partial charge in [-0.05, 0) is 17.8 Å². The molecular formula is C23H48. The molecule has 0 aromatic heterocycles. The molecule has 0 aliphatic carbocycles. The average molecular weight is 325 g/mol. The Morgan fingerprint density at radius 3 is 1.26 bits per heavy atom. The highest BCUT2D eigenvalue weighted by atomic mass is 14.2. The number of rotatable bonds is 17. The minimum absolute atomic E-state index is 0.886. The van der Waals surface area contributed by atoms with Crippen LogP contribution in [0.25, 0.3) is 0 Å². The Bertz CT molecular complexity index is 216. The van der Waals surface area contributed by atoms with Gasteiger partial charge >= 0.3 is 0 Å². The van der Waals surface area contributed by atoms with Crippen molar-refractivity contribution in [3.05, 3.63) is 0 Å². The van der Waals surface area contributed by atoms with E-state index in [-0.39, 0.29) is 0 Å². The highest BCUT2D eigenvalue weighted by Crippen LogP contribution is 2.25. The first kappa shape index (κ1) is 23.0. The van der Waals surface area contributed by atoms with Crippen LogP contribution in [0, 0.1) is 17.8 Å². The van der Waals surface area contributed by atoms with Crippen molar-refractivity contribution in [2.24, 2.45) is 17.8 Å². The molecule has 0 spiro atoms. The van der Waals surface area contributed by atoms with Gasteiger partial charge in [-0.15, -0.1) is 0 Å². The predicted octanol–water partition coefficient (Wildman–Crippen LogP) is 8.79. The summed E-state index contributed by atoms with van der Waals surface area (Å²) in [6.07, 6.45) is 21.9. The minimum atomic E-state index is 0.886. The minimum Gasteiger partial charge on any atom is -0.0654 e. The molecule has 1 atom stereocenters. The molecule has 140 valence electrons. The van der Waals surface area contributed by atoms with Gasteiger partial charge in [0, 0.05) is 0 Å². The van der Waals surface area contributed by atoms with Crippen LogP contribution in [-0.4, -0.2) is 0 Å². The Balaban J connectivity index is 3.50. The first-order chi connectivity index (χ1) is 11.1. The topological polar surface area (TPSA) is 0 Å². The van der Waals surface area contributed by atoms with E-state index in [4.69, 9.17) is 0 Å². The zero-order valence-corrected chi connectivity index (χ0v) is 17.3. The molecule has 0 aromatic rings. The second-order valence-corrected chi connectivity index (χ2v) is 8.65. The normalized spacial score (nSPS) is 13.2. The third-order valence-electron chi connectivity index (χ3n) is 5.48. The van der Waals surface area contributed by atoms with Crippen LogP contribution in [-0.2, 0) is 0 Å². The highest BCUT2D eigenvalue weighted by molar-refractivity contribution is 4.64. The van der Waals surface area contributed by atoms with E-state index < -0.39 is 0 Å². The monoisotopic (exact) mass is 324 g/mol. The molecule has 0 heterocycles. The standard InChI is InChI=1S/C23H48/c1-6-7-8-9-13-16-19-23(22(4)5)20-17-14-11-10-12-15-18-21(2)3/h21-23H,6-20H2,1-5H3. The van der Waals surface area contributed by atoms with Gasteiger partial charge in [0.15, 0.2) is 0 Å². The van der Waals surface area contributed by atoms with Crippen LogP contribution in [0.15, 0.2) is 0 Å². The van der Waals surface area contributed by atoms with Crippen molar-refractivity contribution in [2.45, 2.75) is 131 Å². The van der Waals surface area contributed by atoms with Crippen molar-refractivity contribution in [3.8, 4) is 0 Å². The van der Waals surface area contributed by atoms with E-state index in [2.05, 4.69) is 34.6 Å². The van der Waals surface area contributed by atoms with Gasteiger partial charge in [-0.2, -0.15) is 0 Å². The van der Waals surface area contributed by atoms with E-state index in [1.165, 1.54) is 96.3 Å². The lowest BCUT2D eigenvalue weighted by Crippen LogP contribution is -2.08. The van der Waals surface area contributed by atoms with E-state index in [9.17, 15) is 0 Å². The number of unbranched alkanes of at least 4 members (excludes halogenated alkanes) is 10. The van der Waals surface area contributed by atoms with Gasteiger partial charge in [0.05, 0.1) is 0 Å². The molecule has 0 bridgehead atoms. The third kappa shape index (κ3) is 16.6. The molecule has 0 N–H and O–H groups in total. The maximum atomic E-state index is 2.44. The maximum absolute atomic E-state index is 2.44. The van der Waals surface area contributed by atoms with Crippen molar-refractivity contribution < 1.29 is 0 Å². The molecule has 0 aromatic carbocycles. The first-order valence-electron chi connectivity index (χ1n) is 11.1. The Hall–Kier alpha value is 0. The summed E-state index contributed by atoms with van der Waals surface area (Å²) in [5.74, 6) is 2.77. The summed E-state index contributed by atoms with van der Waals surface area (Å²) in [5, 5.41) is 0. The number of hydrogen-bond donors (Lipinski definition) is 0. The van der Waals surface area contributed by atoms with Gasteiger partial charge in [-0.3, -0.25) is 0 Å². The maximum Gasteiger partial charge on any atom is -0.0391 e.